The number of hydrogen-bond donors (Lipinski definition) is 1. The molecule has 0 unspecified atom stereocenters. The Morgan fingerprint density at radius 3 is 2.50 bits per heavy atom. The van der Waals surface area contributed by atoms with E-state index < -0.39 is 13.5 Å². The number of hydrogen-bond acceptors (Lipinski definition) is 9. The zero-order valence-corrected chi connectivity index (χ0v) is 24.2. The van der Waals surface area contributed by atoms with E-state index in [-0.39, 0.29) is 50.9 Å². The number of aromatic nitrogens is 1. The minimum absolute atomic E-state index is 0. The van der Waals surface area contributed by atoms with Crippen LogP contribution in [0.25, 0.3) is 0 Å². The molecule has 9 nitrogen and oxygen atoms in total. The summed E-state index contributed by atoms with van der Waals surface area (Å²) in [6.45, 7) is 6.38. The number of rotatable bonds is 16. The monoisotopic (exact) mass is 596 g/mol. The average molecular weight is 597 g/mol. The number of amides is 1. The number of thiazole rings is 1. The van der Waals surface area contributed by atoms with Crippen molar-refractivity contribution in [1.82, 2.24) is 4.98 Å². The third-order valence-corrected chi connectivity index (χ3v) is 8.08. The average Bonchev–Trinajstić information content (AvgIpc) is 3.31. The van der Waals surface area contributed by atoms with Gasteiger partial charge < -0.3 is 23.3 Å². The molecule has 0 saturated carbocycles. The van der Waals surface area contributed by atoms with Crippen molar-refractivity contribution in [3.05, 3.63) is 70.5 Å². The van der Waals surface area contributed by atoms with Crippen LogP contribution < -0.4 is 14.8 Å². The number of nitrogens with zero attached hydrogens (tertiary/aromatic N) is 1. The molecule has 12 heteroatoms. The van der Waals surface area contributed by atoms with Gasteiger partial charge in [-0.1, -0.05) is 25.6 Å². The number of nitrogens with one attached hydrogen (secondary N) is 1. The van der Waals surface area contributed by atoms with E-state index in [9.17, 15) is 13.8 Å². The molecular formula is C28H38FN2O7PS. The maximum Gasteiger partial charge on any atom is 0.336 e. The van der Waals surface area contributed by atoms with Crippen molar-refractivity contribution in [2.45, 2.75) is 46.9 Å². The first kappa shape index (κ1) is 33.4. The van der Waals surface area contributed by atoms with Gasteiger partial charge in [0.25, 0.3) is 5.91 Å². The molecule has 1 aromatic heterocycles. The molecule has 2 aromatic carbocycles. The molecule has 1 heterocycles. The lowest BCUT2D eigenvalue weighted by Crippen LogP contribution is -2.19. The third kappa shape index (κ3) is 10.3. The highest BCUT2D eigenvalue weighted by atomic mass is 32.1. The summed E-state index contributed by atoms with van der Waals surface area (Å²) in [4.78, 5) is 17.5. The van der Waals surface area contributed by atoms with Gasteiger partial charge in [-0.05, 0) is 44.5 Å². The van der Waals surface area contributed by atoms with Crippen molar-refractivity contribution >= 4 is 30.0 Å². The Balaban J connectivity index is 0.00000560. The van der Waals surface area contributed by atoms with Crippen molar-refractivity contribution in [2.24, 2.45) is 0 Å². The lowest BCUT2D eigenvalue weighted by Gasteiger charge is -2.16. The number of halogens is 1. The highest BCUT2D eigenvalue weighted by Gasteiger charge is 2.26. The summed E-state index contributed by atoms with van der Waals surface area (Å²) in [5, 5.41) is 4.79. The maximum atomic E-state index is 14.0. The Kier molecular flexibility index (Phi) is 13.7. The van der Waals surface area contributed by atoms with E-state index >= 15 is 0 Å². The Morgan fingerprint density at radius 2 is 1.82 bits per heavy atom. The van der Waals surface area contributed by atoms with Gasteiger partial charge in [0.15, 0.2) is 5.13 Å². The second-order valence-corrected chi connectivity index (χ2v) is 11.4. The summed E-state index contributed by atoms with van der Waals surface area (Å²) >= 11 is 1.20. The summed E-state index contributed by atoms with van der Waals surface area (Å²) in [7, 11) is -1.75. The van der Waals surface area contributed by atoms with Crippen molar-refractivity contribution in [2.75, 3.05) is 38.9 Å². The zero-order valence-electron chi connectivity index (χ0n) is 22.5. The first-order chi connectivity index (χ1) is 18.7. The molecule has 0 saturated heterocycles. The predicted octanol–water partition coefficient (Wildman–Crippen LogP) is 6.97. The highest BCUT2D eigenvalue weighted by molar-refractivity contribution is 7.53. The topological polar surface area (TPSA) is 105 Å². The zero-order chi connectivity index (χ0) is 28.3. The second kappa shape index (κ2) is 16.4. The lowest BCUT2D eigenvalue weighted by atomic mass is 10.1. The number of carbonyl (C=O) groups excluding carboxylic acids is 1. The maximum absolute atomic E-state index is 14.0. The van der Waals surface area contributed by atoms with E-state index in [0.29, 0.717) is 40.9 Å². The molecule has 220 valence electrons. The van der Waals surface area contributed by atoms with Gasteiger partial charge in [0, 0.05) is 30.5 Å². The fourth-order valence-electron chi connectivity index (χ4n) is 3.66. The third-order valence-electron chi connectivity index (χ3n) is 5.26. The van der Waals surface area contributed by atoms with Crippen molar-refractivity contribution < 1.29 is 37.0 Å². The molecule has 0 bridgehead atoms. The standard InChI is InChI=1S/C27H34FN2O7PS.CH4/c1-5-35-38(32,36-6-2)17-22-18-39-27(29-22)30-26(31)21-13-23(15-24(14-21)37-19(3)16-33-4)34-12-11-20-9-7-8-10-25(20)28;/h7-10,13-15,18-19H,5-6,11-12,16-17H2,1-4H3,(H,29,30,31);1H4/t19-;/m0./s1. The first-order valence-electron chi connectivity index (χ1n) is 12.6. The normalized spacial score (nSPS) is 11.9. The van der Waals surface area contributed by atoms with Gasteiger partial charge in [0.05, 0.1) is 38.3 Å². The minimum Gasteiger partial charge on any atom is -0.493 e. The van der Waals surface area contributed by atoms with Gasteiger partial charge in [-0.3, -0.25) is 14.7 Å². The summed E-state index contributed by atoms with van der Waals surface area (Å²) in [6, 6.07) is 11.4. The first-order valence-corrected chi connectivity index (χ1v) is 15.2. The van der Waals surface area contributed by atoms with Crippen molar-refractivity contribution in [1.29, 1.82) is 0 Å². The largest absolute Gasteiger partial charge is 0.493 e. The van der Waals surface area contributed by atoms with Gasteiger partial charge in [-0.25, -0.2) is 9.37 Å². The molecule has 0 aliphatic rings. The van der Waals surface area contributed by atoms with E-state index in [4.69, 9.17) is 23.3 Å². The van der Waals surface area contributed by atoms with Crippen LogP contribution in [0, 0.1) is 5.82 Å². The molecule has 1 N–H and O–H groups in total. The molecule has 1 amide bonds. The molecule has 0 fully saturated rings. The Labute approximate surface area is 239 Å². The molecule has 3 rings (SSSR count). The molecule has 0 spiro atoms. The Morgan fingerprint density at radius 1 is 1.12 bits per heavy atom. The fourth-order valence-corrected chi connectivity index (χ4v) is 6.09. The van der Waals surface area contributed by atoms with Crippen LogP contribution in [0.15, 0.2) is 47.8 Å². The number of methoxy groups -OCH3 is 1. The quantitative estimate of drug-likeness (QED) is 0.177. The van der Waals surface area contributed by atoms with Gasteiger partial charge in [-0.15, -0.1) is 11.3 Å². The summed E-state index contributed by atoms with van der Waals surface area (Å²) in [5.74, 6) is 0.0842. The molecule has 1 atom stereocenters. The number of anilines is 1. The van der Waals surface area contributed by atoms with E-state index in [0.717, 1.165) is 0 Å². The Bertz CT molecular complexity index is 1260. The molecule has 40 heavy (non-hydrogen) atoms. The van der Waals surface area contributed by atoms with Crippen LogP contribution in [0.4, 0.5) is 9.52 Å². The molecule has 0 radical (unpaired) electrons. The number of ether oxygens (including phenoxy) is 3. The van der Waals surface area contributed by atoms with Gasteiger partial charge in [0.1, 0.15) is 23.4 Å². The van der Waals surface area contributed by atoms with Crippen LogP contribution in [-0.4, -0.2) is 50.5 Å². The Hall–Kier alpha value is -2.82. The van der Waals surface area contributed by atoms with Crippen LogP contribution in [0.1, 0.15) is 49.8 Å². The van der Waals surface area contributed by atoms with Gasteiger partial charge >= 0.3 is 7.60 Å². The summed E-state index contributed by atoms with van der Waals surface area (Å²) < 4.78 is 54.4. The van der Waals surface area contributed by atoms with E-state index in [1.807, 2.05) is 6.92 Å². The van der Waals surface area contributed by atoms with Gasteiger partial charge in [-0.2, -0.15) is 0 Å². The van der Waals surface area contributed by atoms with Crippen LogP contribution in [0.3, 0.4) is 0 Å². The van der Waals surface area contributed by atoms with Crippen LogP contribution in [0.5, 0.6) is 11.5 Å². The van der Waals surface area contributed by atoms with Crippen LogP contribution in [0.2, 0.25) is 0 Å². The lowest BCUT2D eigenvalue weighted by molar-refractivity contribution is 0.0914. The van der Waals surface area contributed by atoms with E-state index in [1.165, 1.54) is 17.4 Å². The highest BCUT2D eigenvalue weighted by Crippen LogP contribution is 2.51. The van der Waals surface area contributed by atoms with Gasteiger partial charge in [0.2, 0.25) is 0 Å². The molecule has 3 aromatic rings. The minimum atomic E-state index is -3.32. The van der Waals surface area contributed by atoms with E-state index in [1.54, 1.807) is 62.7 Å². The molecule has 0 aliphatic carbocycles. The van der Waals surface area contributed by atoms with Crippen molar-refractivity contribution in [3.63, 3.8) is 0 Å². The predicted molar refractivity (Wildman–Crippen MR) is 155 cm³/mol. The fraction of sp³-hybridized carbons (Fsp3) is 0.429. The second-order valence-electron chi connectivity index (χ2n) is 8.47. The summed E-state index contributed by atoms with van der Waals surface area (Å²) in [5.41, 5.74) is 1.31. The molecular weight excluding hydrogens is 558 g/mol. The smallest absolute Gasteiger partial charge is 0.336 e. The summed E-state index contributed by atoms with van der Waals surface area (Å²) in [6.07, 6.45) is 0.0866. The van der Waals surface area contributed by atoms with E-state index in [2.05, 4.69) is 10.3 Å². The van der Waals surface area contributed by atoms with Crippen molar-refractivity contribution in [3.8, 4) is 11.5 Å². The SMILES string of the molecule is C.CCOP(=O)(Cc1csc(NC(=O)c2cc(OCCc3ccccc3F)cc(O[C@@H](C)COC)c2)n1)OCC. The van der Waals surface area contributed by atoms with Crippen LogP contribution >= 0.6 is 18.9 Å². The van der Waals surface area contributed by atoms with Crippen LogP contribution in [-0.2, 0) is 30.9 Å². The number of carbonyl (C=O) groups is 1. The molecule has 0 aliphatic heterocycles. The number of benzene rings is 2.